The van der Waals surface area contributed by atoms with Gasteiger partial charge < -0.3 is 24.8 Å². The second kappa shape index (κ2) is 11.1. The minimum atomic E-state index is -1.06. The number of carbonyl (C=O) groups is 3. The normalized spacial score (nSPS) is 15.6. The molecule has 0 saturated heterocycles. The highest BCUT2D eigenvalue weighted by Gasteiger charge is 2.40. The van der Waals surface area contributed by atoms with Crippen molar-refractivity contribution in [3.63, 3.8) is 0 Å². The first-order valence-electron chi connectivity index (χ1n) is 10.3. The number of amides is 1. The van der Waals surface area contributed by atoms with E-state index in [9.17, 15) is 24.5 Å². The molecule has 2 rings (SSSR count). The number of nitro groups is 1. The molecule has 1 aromatic carbocycles. The summed E-state index contributed by atoms with van der Waals surface area (Å²) in [6.45, 7) is 6.29. The average Bonchev–Trinajstić information content (AvgIpc) is 2.76. The van der Waals surface area contributed by atoms with Crippen LogP contribution < -0.4 is 10.6 Å². The van der Waals surface area contributed by atoms with Crippen LogP contribution in [-0.2, 0) is 23.8 Å². The van der Waals surface area contributed by atoms with Crippen molar-refractivity contribution in [2.75, 3.05) is 20.3 Å². The van der Waals surface area contributed by atoms with Gasteiger partial charge in [-0.2, -0.15) is 0 Å². The lowest BCUT2D eigenvalue weighted by molar-refractivity contribution is -0.384. The van der Waals surface area contributed by atoms with E-state index in [-0.39, 0.29) is 35.7 Å². The number of alkyl carbamates (subject to hydrolysis) is 1. The van der Waals surface area contributed by atoms with Crippen LogP contribution in [0.25, 0.3) is 0 Å². The topological polar surface area (TPSA) is 146 Å². The van der Waals surface area contributed by atoms with Gasteiger partial charge in [-0.05, 0) is 33.3 Å². The van der Waals surface area contributed by atoms with Crippen molar-refractivity contribution >= 4 is 23.7 Å². The Balaban J connectivity index is 2.74. The molecule has 2 N–H and O–H groups in total. The van der Waals surface area contributed by atoms with Crippen LogP contribution >= 0.6 is 0 Å². The van der Waals surface area contributed by atoms with Crippen LogP contribution in [0.1, 0.15) is 39.2 Å². The Kier molecular flexibility index (Phi) is 8.55. The summed E-state index contributed by atoms with van der Waals surface area (Å²) < 4.78 is 15.7. The van der Waals surface area contributed by atoms with E-state index in [1.165, 1.54) is 25.2 Å². The first-order chi connectivity index (χ1) is 15.6. The fourth-order valence-corrected chi connectivity index (χ4v) is 3.37. The summed E-state index contributed by atoms with van der Waals surface area (Å²) in [6, 6.07) is 5.61. The summed E-state index contributed by atoms with van der Waals surface area (Å²) in [7, 11) is 1.38. The van der Waals surface area contributed by atoms with Crippen molar-refractivity contribution < 1.29 is 33.5 Å². The van der Waals surface area contributed by atoms with E-state index in [1.807, 2.05) is 0 Å². The number of hydrogen-bond acceptors (Lipinski definition) is 9. The maximum Gasteiger partial charge on any atom is 0.407 e. The third-order valence-corrected chi connectivity index (χ3v) is 4.67. The molecule has 178 valence electrons. The maximum absolute atomic E-state index is 13.0. The minimum Gasteiger partial charge on any atom is -0.463 e. The number of esters is 2. The summed E-state index contributed by atoms with van der Waals surface area (Å²) >= 11 is 0. The summed E-state index contributed by atoms with van der Waals surface area (Å²) in [5.41, 5.74) is 0.708. The second-order valence-electron chi connectivity index (χ2n) is 7.34. The molecule has 11 heteroatoms. The van der Waals surface area contributed by atoms with Crippen molar-refractivity contribution in [2.45, 2.75) is 39.7 Å². The van der Waals surface area contributed by atoms with Gasteiger partial charge in [-0.1, -0.05) is 12.1 Å². The van der Waals surface area contributed by atoms with Gasteiger partial charge in [-0.25, -0.2) is 14.4 Å². The highest BCUT2D eigenvalue weighted by Crippen LogP contribution is 2.40. The Hall–Kier alpha value is -3.89. The summed E-state index contributed by atoms with van der Waals surface area (Å²) in [5, 5.41) is 16.6. The number of carbonyl (C=O) groups excluding carboxylic acids is 3. The third-order valence-electron chi connectivity index (χ3n) is 4.67. The number of nitro benzene ring substituents is 1. The summed E-state index contributed by atoms with van der Waals surface area (Å²) in [4.78, 5) is 48.5. The van der Waals surface area contributed by atoms with Gasteiger partial charge in [0.05, 0.1) is 40.4 Å². The first kappa shape index (κ1) is 25.4. The maximum atomic E-state index is 13.0. The SMILES string of the molecule is CCOC(=O)C1=C(COC(=O)NC)NC(C)=C(C(=O)OC(C)C)C1c1cccc([N+](=O)[O-])c1. The van der Waals surface area contributed by atoms with Crippen LogP contribution in [0.3, 0.4) is 0 Å². The molecule has 1 aromatic rings. The number of hydrogen-bond donors (Lipinski definition) is 2. The monoisotopic (exact) mass is 461 g/mol. The van der Waals surface area contributed by atoms with Crippen LogP contribution in [0.2, 0.25) is 0 Å². The quantitative estimate of drug-likeness (QED) is 0.258. The van der Waals surface area contributed by atoms with Crippen LogP contribution in [0, 0.1) is 10.1 Å². The number of nitrogens with one attached hydrogen (secondary N) is 2. The highest BCUT2D eigenvalue weighted by atomic mass is 16.6. The van der Waals surface area contributed by atoms with E-state index in [2.05, 4.69) is 10.6 Å². The van der Waals surface area contributed by atoms with Crippen LogP contribution in [-0.4, -0.2) is 49.3 Å². The van der Waals surface area contributed by atoms with Crippen LogP contribution in [0.4, 0.5) is 10.5 Å². The van der Waals surface area contributed by atoms with Gasteiger partial charge in [0.15, 0.2) is 0 Å². The number of rotatable bonds is 8. The van der Waals surface area contributed by atoms with E-state index in [0.29, 0.717) is 11.3 Å². The van der Waals surface area contributed by atoms with Crippen LogP contribution in [0.15, 0.2) is 46.8 Å². The molecule has 11 nitrogen and oxygen atoms in total. The number of benzene rings is 1. The van der Waals surface area contributed by atoms with E-state index in [4.69, 9.17) is 14.2 Å². The number of allylic oxidation sites excluding steroid dienone is 1. The molecule has 0 aromatic heterocycles. The lowest BCUT2D eigenvalue weighted by Crippen LogP contribution is -2.36. The molecule has 1 unspecified atom stereocenters. The average molecular weight is 461 g/mol. The zero-order valence-corrected chi connectivity index (χ0v) is 19.1. The Morgan fingerprint density at radius 1 is 1.18 bits per heavy atom. The molecule has 0 radical (unpaired) electrons. The van der Waals surface area contributed by atoms with Gasteiger partial charge in [-0.3, -0.25) is 10.1 Å². The van der Waals surface area contributed by atoms with Crippen molar-refractivity contribution in [2.24, 2.45) is 0 Å². The zero-order chi connectivity index (χ0) is 24.7. The fourth-order valence-electron chi connectivity index (χ4n) is 3.37. The molecule has 1 heterocycles. The first-order valence-corrected chi connectivity index (χ1v) is 10.3. The number of dihydropyridines is 1. The molecule has 1 atom stereocenters. The van der Waals surface area contributed by atoms with Gasteiger partial charge in [-0.15, -0.1) is 0 Å². The molecule has 1 amide bonds. The van der Waals surface area contributed by atoms with Crippen molar-refractivity contribution in [3.8, 4) is 0 Å². The van der Waals surface area contributed by atoms with Crippen molar-refractivity contribution in [3.05, 3.63) is 62.5 Å². The molecular weight excluding hydrogens is 434 g/mol. The molecule has 1 aliphatic rings. The lowest BCUT2D eigenvalue weighted by Gasteiger charge is -2.31. The van der Waals surface area contributed by atoms with E-state index >= 15 is 0 Å². The largest absolute Gasteiger partial charge is 0.463 e. The lowest BCUT2D eigenvalue weighted by atomic mass is 9.80. The van der Waals surface area contributed by atoms with E-state index < -0.39 is 35.0 Å². The van der Waals surface area contributed by atoms with Gasteiger partial charge >= 0.3 is 18.0 Å². The molecule has 0 spiro atoms. The predicted molar refractivity (Wildman–Crippen MR) is 117 cm³/mol. The standard InChI is InChI=1S/C22H27N3O8/c1-6-31-20(26)19-16(11-32-22(28)23-5)24-13(4)17(21(27)33-12(2)3)18(19)14-8-7-9-15(10-14)25(29)30/h7-10,12,18,24H,6,11H2,1-5H3,(H,23,28). The highest BCUT2D eigenvalue weighted by molar-refractivity contribution is 6.00. The molecular formula is C22H27N3O8. The molecule has 0 fully saturated rings. The minimum absolute atomic E-state index is 0.0115. The second-order valence-corrected chi connectivity index (χ2v) is 7.34. The summed E-state index contributed by atoms with van der Waals surface area (Å²) in [6.07, 6.45) is -1.18. The van der Waals surface area contributed by atoms with Gasteiger partial charge in [0.25, 0.3) is 5.69 Å². The Labute approximate surface area is 190 Å². The number of nitrogens with zero attached hydrogens (tertiary/aromatic N) is 1. The smallest absolute Gasteiger partial charge is 0.407 e. The van der Waals surface area contributed by atoms with Crippen molar-refractivity contribution in [1.29, 1.82) is 0 Å². The third kappa shape index (κ3) is 6.09. The van der Waals surface area contributed by atoms with Gasteiger partial charge in [0.2, 0.25) is 0 Å². The predicted octanol–water partition coefficient (Wildman–Crippen LogP) is 2.68. The van der Waals surface area contributed by atoms with Crippen molar-refractivity contribution in [1.82, 2.24) is 10.6 Å². The van der Waals surface area contributed by atoms with Gasteiger partial charge in [0.1, 0.15) is 6.61 Å². The molecule has 0 saturated carbocycles. The Morgan fingerprint density at radius 3 is 2.45 bits per heavy atom. The summed E-state index contributed by atoms with van der Waals surface area (Å²) in [5.74, 6) is -2.52. The zero-order valence-electron chi connectivity index (χ0n) is 19.1. The fraction of sp³-hybridized carbons (Fsp3) is 0.409. The van der Waals surface area contributed by atoms with Crippen LogP contribution in [0.5, 0.6) is 0 Å². The number of non-ortho nitro benzene ring substituents is 1. The molecule has 33 heavy (non-hydrogen) atoms. The Bertz CT molecular complexity index is 1010. The number of ether oxygens (including phenoxy) is 3. The van der Waals surface area contributed by atoms with Gasteiger partial charge in [0, 0.05) is 24.9 Å². The molecule has 0 bridgehead atoms. The molecule has 0 aliphatic carbocycles. The van der Waals surface area contributed by atoms with E-state index in [0.717, 1.165) is 0 Å². The Morgan fingerprint density at radius 2 is 1.88 bits per heavy atom. The molecule has 1 aliphatic heterocycles. The van der Waals surface area contributed by atoms with E-state index in [1.54, 1.807) is 33.8 Å².